The summed E-state index contributed by atoms with van der Waals surface area (Å²) in [6, 6.07) is 8.54. The molecule has 4 nitrogen and oxygen atoms in total. The molecule has 2 atom stereocenters. The fraction of sp³-hybridized carbons (Fsp3) is 0.462. The molecule has 0 spiro atoms. The highest BCUT2D eigenvalue weighted by atomic mass is 16.5. The number of rotatable bonds is 6. The van der Waals surface area contributed by atoms with Crippen LogP contribution in [0.15, 0.2) is 30.3 Å². The van der Waals surface area contributed by atoms with E-state index in [1.54, 1.807) is 30.3 Å². The van der Waals surface area contributed by atoms with Gasteiger partial charge in [0.15, 0.2) is 0 Å². The van der Waals surface area contributed by atoms with Crippen molar-refractivity contribution in [1.29, 1.82) is 0 Å². The van der Waals surface area contributed by atoms with E-state index in [-0.39, 0.29) is 6.61 Å². The number of ether oxygens (including phenoxy) is 1. The van der Waals surface area contributed by atoms with Crippen molar-refractivity contribution in [3.63, 3.8) is 0 Å². The van der Waals surface area contributed by atoms with Crippen molar-refractivity contribution < 1.29 is 19.7 Å². The van der Waals surface area contributed by atoms with Crippen LogP contribution < -0.4 is 0 Å². The molecule has 0 bridgehead atoms. The number of carbonyl (C=O) groups is 1. The average molecular weight is 238 g/mol. The zero-order chi connectivity index (χ0) is 12.7. The second-order valence-electron chi connectivity index (χ2n) is 3.89. The maximum Gasteiger partial charge on any atom is 0.338 e. The molecule has 0 saturated heterocycles. The molecule has 0 aliphatic heterocycles. The Morgan fingerprint density at radius 3 is 2.47 bits per heavy atom. The van der Waals surface area contributed by atoms with E-state index in [1.807, 2.05) is 6.92 Å². The van der Waals surface area contributed by atoms with Crippen molar-refractivity contribution in [3.8, 4) is 0 Å². The van der Waals surface area contributed by atoms with Crippen LogP contribution in [0.1, 0.15) is 30.1 Å². The first-order valence-electron chi connectivity index (χ1n) is 5.73. The smallest absolute Gasteiger partial charge is 0.338 e. The maximum atomic E-state index is 11.5. The number of esters is 1. The van der Waals surface area contributed by atoms with Crippen LogP contribution in [0.4, 0.5) is 0 Å². The van der Waals surface area contributed by atoms with Gasteiger partial charge < -0.3 is 14.9 Å². The van der Waals surface area contributed by atoms with E-state index in [0.717, 1.165) is 6.42 Å². The first kappa shape index (κ1) is 13.7. The van der Waals surface area contributed by atoms with Crippen LogP contribution in [0.2, 0.25) is 0 Å². The molecule has 2 N–H and O–H groups in total. The quantitative estimate of drug-likeness (QED) is 0.734. The number of hydrogen-bond donors (Lipinski definition) is 2. The van der Waals surface area contributed by atoms with Crippen molar-refractivity contribution in [1.82, 2.24) is 0 Å². The molecule has 0 aliphatic rings. The number of aliphatic hydroxyl groups excluding tert-OH is 2. The second-order valence-corrected chi connectivity index (χ2v) is 3.89. The fourth-order valence-corrected chi connectivity index (χ4v) is 1.42. The predicted molar refractivity (Wildman–Crippen MR) is 63.6 cm³/mol. The van der Waals surface area contributed by atoms with Crippen LogP contribution in [0.25, 0.3) is 0 Å². The Morgan fingerprint density at radius 2 is 1.88 bits per heavy atom. The third-order valence-electron chi connectivity index (χ3n) is 2.42. The lowest BCUT2D eigenvalue weighted by molar-refractivity contribution is -0.0300. The van der Waals surface area contributed by atoms with E-state index < -0.39 is 18.2 Å². The van der Waals surface area contributed by atoms with E-state index in [9.17, 15) is 15.0 Å². The summed E-state index contributed by atoms with van der Waals surface area (Å²) in [4.78, 5) is 11.5. The molecular formula is C13H18O4. The maximum absolute atomic E-state index is 11.5. The Labute approximate surface area is 101 Å². The number of hydrogen-bond acceptors (Lipinski definition) is 4. The molecule has 1 aromatic rings. The molecule has 0 aromatic heterocycles. The molecular weight excluding hydrogens is 220 g/mol. The van der Waals surface area contributed by atoms with Crippen molar-refractivity contribution in [2.75, 3.05) is 6.61 Å². The van der Waals surface area contributed by atoms with Gasteiger partial charge in [-0.25, -0.2) is 4.79 Å². The minimum atomic E-state index is -1.03. The molecule has 2 unspecified atom stereocenters. The normalized spacial score (nSPS) is 14.1. The van der Waals surface area contributed by atoms with Crippen LogP contribution in [-0.4, -0.2) is 35.0 Å². The molecule has 0 radical (unpaired) electrons. The molecule has 0 heterocycles. The molecule has 0 aliphatic carbocycles. The molecule has 1 aromatic carbocycles. The third kappa shape index (κ3) is 4.54. The number of benzene rings is 1. The van der Waals surface area contributed by atoms with Crippen molar-refractivity contribution in [3.05, 3.63) is 35.9 Å². The van der Waals surface area contributed by atoms with Gasteiger partial charge in [-0.05, 0) is 18.6 Å². The summed E-state index contributed by atoms with van der Waals surface area (Å²) < 4.78 is 4.91. The fourth-order valence-electron chi connectivity index (χ4n) is 1.42. The first-order chi connectivity index (χ1) is 8.15. The van der Waals surface area contributed by atoms with Crippen LogP contribution in [0.5, 0.6) is 0 Å². The molecule has 0 amide bonds. The van der Waals surface area contributed by atoms with Crippen LogP contribution in [0, 0.1) is 0 Å². The van der Waals surface area contributed by atoms with Crippen LogP contribution >= 0.6 is 0 Å². The third-order valence-corrected chi connectivity index (χ3v) is 2.42. The van der Waals surface area contributed by atoms with Crippen LogP contribution in [0.3, 0.4) is 0 Å². The minimum absolute atomic E-state index is 0.186. The molecule has 0 fully saturated rings. The standard InChI is InChI=1S/C13H18O4/c1-2-6-11(14)12(15)9-17-13(16)10-7-4-3-5-8-10/h3-5,7-8,11-12,14-15H,2,6,9H2,1H3. The van der Waals surface area contributed by atoms with Crippen molar-refractivity contribution in [2.45, 2.75) is 32.0 Å². The van der Waals surface area contributed by atoms with Gasteiger partial charge in [0.05, 0.1) is 11.7 Å². The van der Waals surface area contributed by atoms with Gasteiger partial charge in [-0.2, -0.15) is 0 Å². The predicted octanol–water partition coefficient (Wildman–Crippen LogP) is 1.37. The van der Waals surface area contributed by atoms with E-state index >= 15 is 0 Å². The first-order valence-corrected chi connectivity index (χ1v) is 5.73. The monoisotopic (exact) mass is 238 g/mol. The molecule has 94 valence electrons. The van der Waals surface area contributed by atoms with Gasteiger partial charge in [0.2, 0.25) is 0 Å². The number of carbonyl (C=O) groups excluding carboxylic acids is 1. The zero-order valence-corrected chi connectivity index (χ0v) is 9.87. The minimum Gasteiger partial charge on any atom is -0.459 e. The van der Waals surface area contributed by atoms with Gasteiger partial charge in [0.1, 0.15) is 12.7 Å². The largest absolute Gasteiger partial charge is 0.459 e. The second kappa shape index (κ2) is 7.04. The Kier molecular flexibility index (Phi) is 5.66. The molecule has 1 rings (SSSR count). The summed E-state index contributed by atoms with van der Waals surface area (Å²) in [6.45, 7) is 1.72. The van der Waals surface area contributed by atoms with Gasteiger partial charge in [-0.15, -0.1) is 0 Å². The highest BCUT2D eigenvalue weighted by molar-refractivity contribution is 5.89. The molecule has 17 heavy (non-hydrogen) atoms. The Morgan fingerprint density at radius 1 is 1.24 bits per heavy atom. The number of aliphatic hydroxyl groups is 2. The summed E-state index contributed by atoms with van der Waals surface area (Å²) >= 11 is 0. The average Bonchev–Trinajstić information content (AvgIpc) is 2.36. The van der Waals surface area contributed by atoms with Crippen molar-refractivity contribution >= 4 is 5.97 Å². The van der Waals surface area contributed by atoms with E-state index in [4.69, 9.17) is 4.74 Å². The van der Waals surface area contributed by atoms with Crippen molar-refractivity contribution in [2.24, 2.45) is 0 Å². The topological polar surface area (TPSA) is 66.8 Å². The van der Waals surface area contributed by atoms with Gasteiger partial charge in [-0.3, -0.25) is 0 Å². The van der Waals surface area contributed by atoms with Gasteiger partial charge in [0.25, 0.3) is 0 Å². The lowest BCUT2D eigenvalue weighted by Crippen LogP contribution is -2.31. The Hall–Kier alpha value is -1.39. The van der Waals surface area contributed by atoms with E-state index in [1.165, 1.54) is 0 Å². The Balaban J connectivity index is 2.38. The lowest BCUT2D eigenvalue weighted by Gasteiger charge is -2.16. The van der Waals surface area contributed by atoms with Gasteiger partial charge >= 0.3 is 5.97 Å². The summed E-state index contributed by atoms with van der Waals surface area (Å²) in [5, 5.41) is 19.0. The zero-order valence-electron chi connectivity index (χ0n) is 9.87. The van der Waals surface area contributed by atoms with Crippen LogP contribution in [-0.2, 0) is 4.74 Å². The highest BCUT2D eigenvalue weighted by Crippen LogP contribution is 2.05. The lowest BCUT2D eigenvalue weighted by atomic mass is 10.1. The van der Waals surface area contributed by atoms with Gasteiger partial charge in [-0.1, -0.05) is 31.5 Å². The summed E-state index contributed by atoms with van der Waals surface area (Å²) in [5.41, 5.74) is 0.435. The highest BCUT2D eigenvalue weighted by Gasteiger charge is 2.17. The Bertz CT molecular complexity index is 337. The van der Waals surface area contributed by atoms with Gasteiger partial charge in [0, 0.05) is 0 Å². The SMILES string of the molecule is CCCC(O)C(O)COC(=O)c1ccccc1. The van der Waals surface area contributed by atoms with E-state index in [0.29, 0.717) is 12.0 Å². The molecule has 4 heteroatoms. The molecule has 0 saturated carbocycles. The summed E-state index contributed by atoms with van der Waals surface area (Å²) in [6.07, 6.45) is -0.610. The summed E-state index contributed by atoms with van der Waals surface area (Å²) in [7, 11) is 0. The summed E-state index contributed by atoms with van der Waals surface area (Å²) in [5.74, 6) is -0.492. The van der Waals surface area contributed by atoms with E-state index in [2.05, 4.69) is 0 Å².